The summed E-state index contributed by atoms with van der Waals surface area (Å²) in [7, 11) is 0. The van der Waals surface area contributed by atoms with Crippen molar-refractivity contribution in [2.45, 2.75) is 32.4 Å². The minimum atomic E-state index is -0.391. The van der Waals surface area contributed by atoms with Crippen molar-refractivity contribution in [3.05, 3.63) is 0 Å². The van der Waals surface area contributed by atoms with Gasteiger partial charge in [-0.05, 0) is 20.8 Å². The van der Waals surface area contributed by atoms with Crippen molar-refractivity contribution in [1.29, 1.82) is 0 Å². The Kier molecular flexibility index (Phi) is 1.68. The van der Waals surface area contributed by atoms with Gasteiger partial charge in [0.1, 0.15) is 0 Å². The summed E-state index contributed by atoms with van der Waals surface area (Å²) in [6.45, 7) is 6.57. The van der Waals surface area contributed by atoms with Crippen LogP contribution in [0.3, 0.4) is 0 Å². The van der Waals surface area contributed by atoms with Crippen molar-refractivity contribution in [2.75, 3.05) is 6.54 Å². The molecule has 1 atom stereocenters. The van der Waals surface area contributed by atoms with Gasteiger partial charge in [-0.2, -0.15) is 0 Å². The molecule has 0 saturated carbocycles. The molecule has 1 aliphatic rings. The van der Waals surface area contributed by atoms with Gasteiger partial charge in [-0.1, -0.05) is 0 Å². The van der Waals surface area contributed by atoms with Gasteiger partial charge in [0.15, 0.2) is 0 Å². The van der Waals surface area contributed by atoms with Gasteiger partial charge in [0.05, 0.1) is 5.54 Å². The molecular weight excluding hydrogens is 128 g/mol. The predicted molar refractivity (Wildman–Crippen MR) is 39.7 cm³/mol. The lowest BCUT2D eigenvalue weighted by Gasteiger charge is -2.34. The van der Waals surface area contributed by atoms with Crippen LogP contribution in [0.4, 0.5) is 0 Å². The highest BCUT2D eigenvalue weighted by molar-refractivity contribution is 5.86. The van der Waals surface area contributed by atoms with Crippen LogP contribution in [0.2, 0.25) is 0 Å². The molecule has 1 amide bonds. The first-order chi connectivity index (χ1) is 4.52. The predicted octanol–water partition coefficient (Wildman–Crippen LogP) is -0.127. The summed E-state index contributed by atoms with van der Waals surface area (Å²) in [5, 5.41) is 6.01. The molecule has 58 valence electrons. The molecule has 1 rings (SSSR count). The molecule has 1 unspecified atom stereocenters. The number of hydrogen-bond donors (Lipinski definition) is 2. The highest BCUT2D eigenvalue weighted by Crippen LogP contribution is 2.07. The molecule has 0 aliphatic carbocycles. The van der Waals surface area contributed by atoms with Gasteiger partial charge in [-0.3, -0.25) is 10.1 Å². The van der Waals surface area contributed by atoms with E-state index in [1.807, 2.05) is 13.8 Å². The fourth-order valence-electron chi connectivity index (χ4n) is 1.20. The Morgan fingerprint density at radius 2 is 2.20 bits per heavy atom. The number of carbonyl (C=O) groups excluding carboxylic acids is 1. The molecule has 0 bridgehead atoms. The molecule has 0 aromatic heterocycles. The van der Waals surface area contributed by atoms with Crippen LogP contribution in [-0.4, -0.2) is 24.0 Å². The highest BCUT2D eigenvalue weighted by Gasteiger charge is 2.32. The monoisotopic (exact) mass is 142 g/mol. The van der Waals surface area contributed by atoms with E-state index in [9.17, 15) is 4.79 Å². The van der Waals surface area contributed by atoms with Crippen molar-refractivity contribution in [2.24, 2.45) is 0 Å². The Bertz CT molecular complexity index is 154. The van der Waals surface area contributed by atoms with Crippen LogP contribution >= 0.6 is 0 Å². The third-order valence-electron chi connectivity index (χ3n) is 1.74. The average molecular weight is 142 g/mol. The zero-order valence-corrected chi connectivity index (χ0v) is 6.69. The molecule has 1 heterocycles. The quantitative estimate of drug-likeness (QED) is 0.495. The molecule has 1 aliphatic heterocycles. The minimum absolute atomic E-state index is 0.0885. The Balaban J connectivity index is 2.63. The van der Waals surface area contributed by atoms with Crippen LogP contribution in [0.1, 0.15) is 20.8 Å². The summed E-state index contributed by atoms with van der Waals surface area (Å²) >= 11 is 0. The van der Waals surface area contributed by atoms with Crippen LogP contribution in [0.15, 0.2) is 0 Å². The lowest BCUT2D eigenvalue weighted by Crippen LogP contribution is -2.63. The van der Waals surface area contributed by atoms with Gasteiger partial charge < -0.3 is 5.32 Å². The van der Waals surface area contributed by atoms with Crippen molar-refractivity contribution in [3.63, 3.8) is 0 Å². The van der Waals surface area contributed by atoms with Gasteiger partial charge in [0.2, 0.25) is 5.91 Å². The number of amides is 1. The van der Waals surface area contributed by atoms with Crippen LogP contribution in [0.25, 0.3) is 0 Å². The molecule has 2 N–H and O–H groups in total. The first-order valence-corrected chi connectivity index (χ1v) is 3.58. The molecule has 0 aromatic rings. The second-order valence-electron chi connectivity index (χ2n) is 3.38. The van der Waals surface area contributed by atoms with Crippen molar-refractivity contribution in [3.8, 4) is 0 Å². The van der Waals surface area contributed by atoms with E-state index in [-0.39, 0.29) is 5.91 Å². The number of hydrogen-bond acceptors (Lipinski definition) is 2. The van der Waals surface area contributed by atoms with E-state index < -0.39 is 5.54 Å². The fourth-order valence-corrected chi connectivity index (χ4v) is 1.20. The number of nitrogens with one attached hydrogen (secondary N) is 2. The SMILES string of the molecule is CC1CNC(=O)C(C)(C)N1. The summed E-state index contributed by atoms with van der Waals surface area (Å²) in [6.07, 6.45) is 0. The van der Waals surface area contributed by atoms with E-state index >= 15 is 0 Å². The molecule has 0 aromatic carbocycles. The number of rotatable bonds is 0. The standard InChI is InChI=1S/C7H14N2O/c1-5-4-8-6(10)7(2,3)9-5/h5,9H,4H2,1-3H3,(H,8,10). The third kappa shape index (κ3) is 1.29. The Hall–Kier alpha value is -0.570. The zero-order chi connectivity index (χ0) is 7.78. The molecule has 3 nitrogen and oxygen atoms in total. The summed E-state index contributed by atoms with van der Waals surface area (Å²) in [5.41, 5.74) is -0.391. The second kappa shape index (κ2) is 2.23. The number of carbonyl (C=O) groups is 1. The first-order valence-electron chi connectivity index (χ1n) is 3.58. The van der Waals surface area contributed by atoms with Gasteiger partial charge in [-0.15, -0.1) is 0 Å². The maximum atomic E-state index is 11.1. The summed E-state index contributed by atoms with van der Waals surface area (Å²) in [6, 6.07) is 0.382. The van der Waals surface area contributed by atoms with Crippen LogP contribution in [-0.2, 0) is 4.79 Å². The molecule has 1 fully saturated rings. The summed E-state index contributed by atoms with van der Waals surface area (Å²) < 4.78 is 0. The number of piperazine rings is 1. The lowest BCUT2D eigenvalue weighted by atomic mass is 10.00. The van der Waals surface area contributed by atoms with E-state index in [1.165, 1.54) is 0 Å². The smallest absolute Gasteiger partial charge is 0.239 e. The van der Waals surface area contributed by atoms with Crippen LogP contribution in [0.5, 0.6) is 0 Å². The van der Waals surface area contributed by atoms with Crippen molar-refractivity contribution >= 4 is 5.91 Å². The van der Waals surface area contributed by atoms with Crippen LogP contribution in [0, 0.1) is 0 Å². The summed E-state index contributed by atoms with van der Waals surface area (Å²) in [5.74, 6) is 0.0885. The molecule has 0 spiro atoms. The van der Waals surface area contributed by atoms with Gasteiger partial charge in [0, 0.05) is 12.6 Å². The molecule has 3 heteroatoms. The van der Waals surface area contributed by atoms with E-state index in [1.54, 1.807) is 0 Å². The van der Waals surface area contributed by atoms with Crippen molar-refractivity contribution in [1.82, 2.24) is 10.6 Å². The average Bonchev–Trinajstić information content (AvgIpc) is 1.78. The van der Waals surface area contributed by atoms with Crippen LogP contribution < -0.4 is 10.6 Å². The first kappa shape index (κ1) is 7.54. The largest absolute Gasteiger partial charge is 0.353 e. The summed E-state index contributed by atoms with van der Waals surface area (Å²) in [4.78, 5) is 11.1. The normalized spacial score (nSPS) is 31.5. The molecule has 1 saturated heterocycles. The third-order valence-corrected chi connectivity index (χ3v) is 1.74. The van der Waals surface area contributed by atoms with E-state index in [0.717, 1.165) is 6.54 Å². The topological polar surface area (TPSA) is 41.1 Å². The van der Waals surface area contributed by atoms with Gasteiger partial charge in [-0.25, -0.2) is 0 Å². The Morgan fingerprint density at radius 1 is 1.60 bits per heavy atom. The van der Waals surface area contributed by atoms with Gasteiger partial charge >= 0.3 is 0 Å². The fraction of sp³-hybridized carbons (Fsp3) is 0.857. The zero-order valence-electron chi connectivity index (χ0n) is 6.69. The molecule has 10 heavy (non-hydrogen) atoms. The molecule has 0 radical (unpaired) electrons. The second-order valence-corrected chi connectivity index (χ2v) is 3.38. The van der Waals surface area contributed by atoms with E-state index in [0.29, 0.717) is 6.04 Å². The lowest BCUT2D eigenvalue weighted by molar-refractivity contribution is -0.128. The van der Waals surface area contributed by atoms with E-state index in [4.69, 9.17) is 0 Å². The maximum absolute atomic E-state index is 11.1. The Morgan fingerprint density at radius 3 is 2.60 bits per heavy atom. The van der Waals surface area contributed by atoms with Crippen molar-refractivity contribution < 1.29 is 4.79 Å². The van der Waals surface area contributed by atoms with E-state index in [2.05, 4.69) is 17.6 Å². The van der Waals surface area contributed by atoms with Gasteiger partial charge in [0.25, 0.3) is 0 Å². The Labute approximate surface area is 61.2 Å². The highest BCUT2D eigenvalue weighted by atomic mass is 16.2. The maximum Gasteiger partial charge on any atom is 0.239 e. The minimum Gasteiger partial charge on any atom is -0.353 e. The molecular formula is C7H14N2O.